The summed E-state index contributed by atoms with van der Waals surface area (Å²) in [5.74, 6) is -3.59. The molecular formula is C22H21FN2O4. The Bertz CT molecular complexity index is 949. The van der Waals surface area contributed by atoms with Gasteiger partial charge in [0.1, 0.15) is 5.82 Å². The summed E-state index contributed by atoms with van der Waals surface area (Å²) in [5, 5.41) is 9.63. The highest BCUT2D eigenvalue weighted by molar-refractivity contribution is 6.00. The Kier molecular flexibility index (Phi) is 5.05. The van der Waals surface area contributed by atoms with Crippen LogP contribution < -0.4 is 4.90 Å². The van der Waals surface area contributed by atoms with Crippen molar-refractivity contribution in [2.24, 2.45) is 11.8 Å². The molecule has 2 amide bonds. The first-order valence-electron chi connectivity index (χ1n) is 9.57. The number of carboxylic acid groups (broad SMARTS) is 1. The Morgan fingerprint density at radius 1 is 0.966 bits per heavy atom. The van der Waals surface area contributed by atoms with Gasteiger partial charge in [0.05, 0.1) is 17.5 Å². The maximum atomic E-state index is 14.1. The number of nitrogens with zero attached hydrogens (tertiary/aromatic N) is 2. The van der Waals surface area contributed by atoms with Gasteiger partial charge < -0.3 is 14.9 Å². The molecule has 1 N–H and O–H groups in total. The largest absolute Gasteiger partial charge is 0.481 e. The zero-order chi connectivity index (χ0) is 20.5. The van der Waals surface area contributed by atoms with Crippen LogP contribution in [0.4, 0.5) is 10.1 Å². The second-order valence-electron chi connectivity index (χ2n) is 7.56. The van der Waals surface area contributed by atoms with E-state index in [2.05, 4.69) is 0 Å². The van der Waals surface area contributed by atoms with Gasteiger partial charge in [0.2, 0.25) is 11.8 Å². The summed E-state index contributed by atoms with van der Waals surface area (Å²) in [6, 6.07) is 15.3. The number of hydrogen-bond donors (Lipinski definition) is 1. The highest BCUT2D eigenvalue weighted by atomic mass is 19.1. The maximum Gasteiger partial charge on any atom is 0.308 e. The Morgan fingerprint density at radius 3 is 2.34 bits per heavy atom. The van der Waals surface area contributed by atoms with Crippen LogP contribution in [0.5, 0.6) is 0 Å². The van der Waals surface area contributed by atoms with E-state index in [1.807, 2.05) is 30.3 Å². The second-order valence-corrected chi connectivity index (χ2v) is 7.56. The number of benzene rings is 2. The molecule has 2 aromatic rings. The van der Waals surface area contributed by atoms with Gasteiger partial charge in [-0.25, -0.2) is 4.39 Å². The van der Waals surface area contributed by atoms with E-state index in [0.717, 1.165) is 5.56 Å². The molecule has 2 aliphatic rings. The second kappa shape index (κ2) is 7.66. The fourth-order valence-corrected chi connectivity index (χ4v) is 4.31. The van der Waals surface area contributed by atoms with Gasteiger partial charge in [0, 0.05) is 32.0 Å². The average Bonchev–Trinajstić information content (AvgIpc) is 3.33. The minimum absolute atomic E-state index is 0.00257. The van der Waals surface area contributed by atoms with Crippen molar-refractivity contribution in [2.75, 3.05) is 24.5 Å². The van der Waals surface area contributed by atoms with E-state index < -0.39 is 23.6 Å². The van der Waals surface area contributed by atoms with Crippen LogP contribution in [-0.4, -0.2) is 47.4 Å². The normalized spacial score (nSPS) is 24.2. The van der Waals surface area contributed by atoms with E-state index in [9.17, 15) is 23.9 Å². The van der Waals surface area contributed by atoms with E-state index in [-0.39, 0.29) is 42.9 Å². The number of carboxylic acids is 1. The van der Waals surface area contributed by atoms with Gasteiger partial charge in [-0.1, -0.05) is 42.5 Å². The molecule has 7 heteroatoms. The Hall–Kier alpha value is -3.22. The smallest absolute Gasteiger partial charge is 0.308 e. The van der Waals surface area contributed by atoms with Gasteiger partial charge in [-0.05, 0) is 17.7 Å². The zero-order valence-corrected chi connectivity index (χ0v) is 15.7. The van der Waals surface area contributed by atoms with Crippen molar-refractivity contribution in [3.8, 4) is 0 Å². The molecule has 6 nitrogen and oxygen atoms in total. The lowest BCUT2D eigenvalue weighted by atomic mass is 9.89. The highest BCUT2D eigenvalue weighted by Crippen LogP contribution is 2.35. The van der Waals surface area contributed by atoms with Crippen LogP contribution in [0.1, 0.15) is 17.9 Å². The standard InChI is InChI=1S/C22H21FN2O4/c23-18-8-4-5-9-19(18)25-11-15(10-20(25)26)21(27)24-12-16(17(13-24)22(28)29)14-6-2-1-3-7-14/h1-9,15-17H,10-13H2,(H,28,29)/t15?,16-,17-/m1/s1. The predicted octanol–water partition coefficient (Wildman–Crippen LogP) is 2.51. The quantitative estimate of drug-likeness (QED) is 0.862. The van der Waals surface area contributed by atoms with Crippen LogP contribution in [0, 0.1) is 17.7 Å². The molecule has 2 fully saturated rings. The number of hydrogen-bond acceptors (Lipinski definition) is 3. The van der Waals surface area contributed by atoms with Gasteiger partial charge >= 0.3 is 5.97 Å². The zero-order valence-electron chi connectivity index (χ0n) is 15.7. The first-order chi connectivity index (χ1) is 14.0. The summed E-state index contributed by atoms with van der Waals surface area (Å²) in [5.41, 5.74) is 1.05. The molecule has 3 atom stereocenters. The van der Waals surface area contributed by atoms with E-state index in [1.165, 1.54) is 17.0 Å². The first kappa shape index (κ1) is 19.1. The van der Waals surface area contributed by atoms with Crippen LogP contribution in [0.3, 0.4) is 0 Å². The van der Waals surface area contributed by atoms with Crippen LogP contribution in [-0.2, 0) is 14.4 Å². The molecule has 0 saturated carbocycles. The molecule has 150 valence electrons. The molecule has 2 saturated heterocycles. The molecule has 0 aromatic heterocycles. The minimum atomic E-state index is -0.940. The van der Waals surface area contributed by atoms with Crippen LogP contribution >= 0.6 is 0 Å². The van der Waals surface area contributed by atoms with Gasteiger partial charge in [0.25, 0.3) is 0 Å². The molecule has 0 radical (unpaired) electrons. The van der Waals surface area contributed by atoms with Crippen molar-refractivity contribution < 1.29 is 23.9 Å². The van der Waals surface area contributed by atoms with E-state index in [1.54, 1.807) is 17.0 Å². The number of carbonyl (C=O) groups is 3. The molecule has 1 unspecified atom stereocenters. The third-order valence-corrected chi connectivity index (χ3v) is 5.79. The monoisotopic (exact) mass is 396 g/mol. The molecule has 4 rings (SSSR count). The van der Waals surface area contributed by atoms with E-state index >= 15 is 0 Å². The SMILES string of the molecule is O=C(O)[C@@H]1CN(C(=O)C2CC(=O)N(c3ccccc3F)C2)C[C@@H]1c1ccccc1. The third-order valence-electron chi connectivity index (χ3n) is 5.79. The summed E-state index contributed by atoms with van der Waals surface area (Å²) < 4.78 is 14.1. The van der Waals surface area contributed by atoms with Crippen LogP contribution in [0.2, 0.25) is 0 Å². The lowest BCUT2D eigenvalue weighted by molar-refractivity contribution is -0.142. The fraction of sp³-hybridized carbons (Fsp3) is 0.318. The van der Waals surface area contributed by atoms with Gasteiger partial charge in [-0.3, -0.25) is 14.4 Å². The predicted molar refractivity (Wildman–Crippen MR) is 104 cm³/mol. The summed E-state index contributed by atoms with van der Waals surface area (Å²) >= 11 is 0. The number of halogens is 1. The number of amides is 2. The lowest BCUT2D eigenvalue weighted by Gasteiger charge is -2.21. The Labute approximate surface area is 167 Å². The average molecular weight is 396 g/mol. The van der Waals surface area contributed by atoms with Gasteiger partial charge in [-0.15, -0.1) is 0 Å². The van der Waals surface area contributed by atoms with Crippen molar-refractivity contribution in [3.63, 3.8) is 0 Å². The van der Waals surface area contributed by atoms with Crippen molar-refractivity contribution in [1.82, 2.24) is 4.90 Å². The number of para-hydroxylation sites is 1. The fourth-order valence-electron chi connectivity index (χ4n) is 4.31. The van der Waals surface area contributed by atoms with Gasteiger partial charge in [-0.2, -0.15) is 0 Å². The summed E-state index contributed by atoms with van der Waals surface area (Å²) in [6.07, 6.45) is -0.00257. The highest BCUT2D eigenvalue weighted by Gasteiger charge is 2.44. The van der Waals surface area contributed by atoms with Crippen molar-refractivity contribution in [3.05, 3.63) is 66.0 Å². The van der Waals surface area contributed by atoms with E-state index in [0.29, 0.717) is 6.54 Å². The number of anilines is 1. The molecular weight excluding hydrogens is 375 g/mol. The number of carbonyl (C=O) groups excluding carboxylic acids is 2. The molecule has 0 bridgehead atoms. The van der Waals surface area contributed by atoms with Crippen molar-refractivity contribution in [2.45, 2.75) is 12.3 Å². The van der Waals surface area contributed by atoms with Crippen molar-refractivity contribution in [1.29, 1.82) is 0 Å². The molecule has 29 heavy (non-hydrogen) atoms. The number of aliphatic carboxylic acids is 1. The van der Waals surface area contributed by atoms with E-state index in [4.69, 9.17) is 0 Å². The Morgan fingerprint density at radius 2 is 1.66 bits per heavy atom. The summed E-state index contributed by atoms with van der Waals surface area (Å²) in [7, 11) is 0. The molecule has 0 spiro atoms. The summed E-state index contributed by atoms with van der Waals surface area (Å²) in [4.78, 5) is 40.1. The maximum absolute atomic E-state index is 14.1. The van der Waals surface area contributed by atoms with Crippen LogP contribution in [0.25, 0.3) is 0 Å². The molecule has 2 heterocycles. The topological polar surface area (TPSA) is 77.9 Å². The third kappa shape index (κ3) is 3.60. The molecule has 2 aromatic carbocycles. The number of rotatable bonds is 4. The first-order valence-corrected chi connectivity index (χ1v) is 9.57. The number of likely N-dealkylation sites (tertiary alicyclic amines) is 1. The lowest BCUT2D eigenvalue weighted by Crippen LogP contribution is -2.36. The molecule has 2 aliphatic heterocycles. The van der Waals surface area contributed by atoms with Crippen LogP contribution in [0.15, 0.2) is 54.6 Å². The van der Waals surface area contributed by atoms with Gasteiger partial charge in [0.15, 0.2) is 0 Å². The Balaban J connectivity index is 1.51. The molecule has 0 aliphatic carbocycles. The van der Waals surface area contributed by atoms with Crippen molar-refractivity contribution >= 4 is 23.5 Å². The summed E-state index contributed by atoms with van der Waals surface area (Å²) in [6.45, 7) is 0.505. The minimum Gasteiger partial charge on any atom is -0.481 e.